The maximum Gasteiger partial charge on any atom is 0.246 e. The number of hydrogen-bond acceptors (Lipinski definition) is 4. The zero-order valence-electron chi connectivity index (χ0n) is 18.5. The van der Waals surface area contributed by atoms with Gasteiger partial charge in [0.15, 0.2) is 0 Å². The number of benzene rings is 3. The first-order valence-corrected chi connectivity index (χ1v) is 11.1. The lowest BCUT2D eigenvalue weighted by Crippen LogP contribution is -2.50. The topological polar surface area (TPSA) is 110 Å². The van der Waals surface area contributed by atoms with Gasteiger partial charge in [-0.15, -0.1) is 0 Å². The van der Waals surface area contributed by atoms with Crippen molar-refractivity contribution in [2.24, 2.45) is 11.5 Å². The summed E-state index contributed by atoms with van der Waals surface area (Å²) in [7, 11) is 0. The molecular weight excluding hydrogens is 400 g/mol. The van der Waals surface area contributed by atoms with E-state index in [1.165, 1.54) is 0 Å². The van der Waals surface area contributed by atoms with Gasteiger partial charge in [-0.3, -0.25) is 9.59 Å². The lowest BCUT2D eigenvalue weighted by atomic mass is 9.98. The highest BCUT2D eigenvalue weighted by atomic mass is 16.2. The van der Waals surface area contributed by atoms with Crippen LogP contribution in [0.1, 0.15) is 30.4 Å². The quantitative estimate of drug-likeness (QED) is 0.369. The van der Waals surface area contributed by atoms with E-state index in [1.54, 1.807) is 0 Å². The van der Waals surface area contributed by atoms with Gasteiger partial charge in [0.25, 0.3) is 0 Å². The molecule has 168 valence electrons. The van der Waals surface area contributed by atoms with Crippen molar-refractivity contribution in [3.05, 3.63) is 77.9 Å². The third-order valence-corrected chi connectivity index (χ3v) is 5.56. The maximum atomic E-state index is 12.9. The number of carbonyl (C=O) groups is 2. The predicted molar refractivity (Wildman–Crippen MR) is 130 cm³/mol. The van der Waals surface area contributed by atoms with Gasteiger partial charge in [0.2, 0.25) is 11.8 Å². The first-order valence-electron chi connectivity index (χ1n) is 11.1. The summed E-state index contributed by atoms with van der Waals surface area (Å²) < 4.78 is 0. The van der Waals surface area contributed by atoms with E-state index in [9.17, 15) is 9.59 Å². The molecule has 0 heterocycles. The minimum atomic E-state index is -0.759. The summed E-state index contributed by atoms with van der Waals surface area (Å²) in [5.41, 5.74) is 14.7. The molecule has 0 saturated heterocycles. The largest absolute Gasteiger partial charge is 0.343 e. The minimum Gasteiger partial charge on any atom is -0.343 e. The summed E-state index contributed by atoms with van der Waals surface area (Å²) in [6.07, 6.45) is 2.41. The molecule has 3 aromatic rings. The molecule has 32 heavy (non-hydrogen) atoms. The number of unbranched alkanes of at least 4 members (excludes halogenated alkanes) is 1. The van der Waals surface area contributed by atoms with Crippen LogP contribution in [0.25, 0.3) is 10.8 Å². The fourth-order valence-corrected chi connectivity index (χ4v) is 3.71. The van der Waals surface area contributed by atoms with Crippen molar-refractivity contribution in [2.75, 3.05) is 11.9 Å². The Morgan fingerprint density at radius 1 is 0.906 bits per heavy atom. The molecule has 0 aliphatic carbocycles. The monoisotopic (exact) mass is 432 g/mol. The Morgan fingerprint density at radius 3 is 2.38 bits per heavy atom. The van der Waals surface area contributed by atoms with Crippen LogP contribution in [-0.2, 0) is 16.0 Å². The average molecular weight is 433 g/mol. The molecule has 2 amide bonds. The molecule has 0 aliphatic rings. The number of amides is 2. The van der Waals surface area contributed by atoms with Crippen LogP contribution in [0.5, 0.6) is 0 Å². The number of anilines is 1. The summed E-state index contributed by atoms with van der Waals surface area (Å²) in [4.78, 5) is 25.8. The van der Waals surface area contributed by atoms with Gasteiger partial charge in [0.05, 0.1) is 6.04 Å². The van der Waals surface area contributed by atoms with E-state index >= 15 is 0 Å². The molecule has 0 saturated carbocycles. The van der Waals surface area contributed by atoms with Gasteiger partial charge in [-0.1, -0.05) is 60.2 Å². The van der Waals surface area contributed by atoms with Crippen LogP contribution in [-0.4, -0.2) is 30.4 Å². The van der Waals surface area contributed by atoms with E-state index in [2.05, 4.69) is 10.6 Å². The van der Waals surface area contributed by atoms with Crippen LogP contribution in [0.4, 0.5) is 5.69 Å². The number of nitrogens with one attached hydrogen (secondary N) is 2. The fourth-order valence-electron chi connectivity index (χ4n) is 3.71. The Hall–Kier alpha value is -3.22. The van der Waals surface area contributed by atoms with E-state index in [1.807, 2.05) is 73.7 Å². The second-order valence-corrected chi connectivity index (χ2v) is 8.15. The van der Waals surface area contributed by atoms with Gasteiger partial charge < -0.3 is 22.1 Å². The molecule has 0 bridgehead atoms. The van der Waals surface area contributed by atoms with Crippen molar-refractivity contribution in [1.29, 1.82) is 0 Å². The van der Waals surface area contributed by atoms with E-state index in [0.29, 0.717) is 25.1 Å². The molecular formula is C26H32N4O2. The highest BCUT2D eigenvalue weighted by Gasteiger charge is 2.24. The van der Waals surface area contributed by atoms with Gasteiger partial charge in [-0.25, -0.2) is 0 Å². The van der Waals surface area contributed by atoms with Crippen molar-refractivity contribution < 1.29 is 9.59 Å². The summed E-state index contributed by atoms with van der Waals surface area (Å²) in [6, 6.07) is 20.1. The smallest absolute Gasteiger partial charge is 0.246 e. The lowest BCUT2D eigenvalue weighted by molar-refractivity contribution is -0.127. The second-order valence-electron chi connectivity index (χ2n) is 8.15. The summed E-state index contributed by atoms with van der Waals surface area (Å²) in [5.74, 6) is -0.591. The van der Waals surface area contributed by atoms with Gasteiger partial charge in [0, 0.05) is 5.69 Å². The molecule has 0 aromatic heterocycles. The molecule has 0 spiro atoms. The van der Waals surface area contributed by atoms with Gasteiger partial charge >= 0.3 is 0 Å². The molecule has 0 unspecified atom stereocenters. The van der Waals surface area contributed by atoms with Gasteiger partial charge in [0.1, 0.15) is 6.04 Å². The van der Waals surface area contributed by atoms with Crippen molar-refractivity contribution in [1.82, 2.24) is 5.32 Å². The highest BCUT2D eigenvalue weighted by Crippen LogP contribution is 2.19. The number of carbonyl (C=O) groups excluding carboxylic acids is 2. The van der Waals surface area contributed by atoms with E-state index < -0.39 is 12.1 Å². The van der Waals surface area contributed by atoms with Crippen LogP contribution in [0, 0.1) is 6.92 Å². The molecule has 6 heteroatoms. The lowest BCUT2D eigenvalue weighted by Gasteiger charge is -2.21. The van der Waals surface area contributed by atoms with Crippen LogP contribution >= 0.6 is 0 Å². The van der Waals surface area contributed by atoms with Crippen LogP contribution in [0.2, 0.25) is 0 Å². The van der Waals surface area contributed by atoms with Crippen molar-refractivity contribution in [3.63, 3.8) is 0 Å². The summed E-state index contributed by atoms with van der Waals surface area (Å²) in [5, 5.41) is 7.93. The number of fused-ring (bicyclic) bond motifs is 1. The van der Waals surface area contributed by atoms with E-state index in [-0.39, 0.29) is 11.8 Å². The van der Waals surface area contributed by atoms with Crippen LogP contribution < -0.4 is 22.1 Å². The Balaban J connectivity index is 1.67. The molecule has 6 nitrogen and oxygen atoms in total. The standard InChI is InChI=1S/C26H32N4O2/c1-18-12-14-21(15-13-18)29-26(32)24(11-4-5-16-27)30-25(31)23(28)17-20-9-6-8-19-7-2-3-10-22(19)20/h2-3,6-10,12-15,23-24H,4-5,11,16-17,27-28H2,1H3,(H,29,32)(H,30,31)/t23-,24+/m1/s1. The van der Waals surface area contributed by atoms with Crippen molar-refractivity contribution in [3.8, 4) is 0 Å². The third-order valence-electron chi connectivity index (χ3n) is 5.56. The Kier molecular flexibility index (Phi) is 8.36. The highest BCUT2D eigenvalue weighted by molar-refractivity contribution is 5.98. The molecule has 6 N–H and O–H groups in total. The molecule has 0 aliphatic heterocycles. The third kappa shape index (κ3) is 6.39. The Bertz CT molecular complexity index is 1040. The maximum absolute atomic E-state index is 12.9. The van der Waals surface area contributed by atoms with E-state index in [0.717, 1.165) is 34.7 Å². The van der Waals surface area contributed by atoms with E-state index in [4.69, 9.17) is 11.5 Å². The molecule has 0 fully saturated rings. The first kappa shape index (κ1) is 23.4. The molecule has 3 rings (SSSR count). The number of aryl methyl sites for hydroxylation is 1. The Morgan fingerprint density at radius 2 is 1.62 bits per heavy atom. The average Bonchev–Trinajstić information content (AvgIpc) is 2.80. The van der Waals surface area contributed by atoms with Crippen LogP contribution in [0.3, 0.4) is 0 Å². The number of rotatable bonds is 10. The molecule has 3 aromatic carbocycles. The fraction of sp³-hybridized carbons (Fsp3) is 0.308. The summed E-state index contributed by atoms with van der Waals surface area (Å²) in [6.45, 7) is 2.53. The number of hydrogen-bond donors (Lipinski definition) is 4. The van der Waals surface area contributed by atoms with Crippen molar-refractivity contribution in [2.45, 2.75) is 44.7 Å². The van der Waals surface area contributed by atoms with Crippen LogP contribution in [0.15, 0.2) is 66.7 Å². The first-order chi connectivity index (χ1) is 15.5. The predicted octanol–water partition coefficient (Wildman–Crippen LogP) is 3.27. The minimum absolute atomic E-state index is 0.253. The zero-order chi connectivity index (χ0) is 22.9. The number of nitrogens with two attached hydrogens (primary N) is 2. The van der Waals surface area contributed by atoms with Gasteiger partial charge in [-0.2, -0.15) is 0 Å². The zero-order valence-corrected chi connectivity index (χ0v) is 18.5. The van der Waals surface area contributed by atoms with Gasteiger partial charge in [-0.05, 0) is 67.6 Å². The molecule has 2 atom stereocenters. The summed E-state index contributed by atoms with van der Waals surface area (Å²) >= 11 is 0. The molecule has 0 radical (unpaired) electrons. The van der Waals surface area contributed by atoms with Crippen molar-refractivity contribution >= 4 is 28.3 Å². The normalized spacial score (nSPS) is 12.8. The Labute approximate surface area is 189 Å². The SMILES string of the molecule is Cc1ccc(NC(=O)[C@H](CCCCN)NC(=O)[C@H](N)Cc2cccc3ccccc23)cc1. The second kappa shape index (κ2) is 11.4.